The molecule has 0 saturated carbocycles. The Kier molecular flexibility index (Phi) is 3.72. The van der Waals surface area contributed by atoms with Gasteiger partial charge in [-0.3, -0.25) is 0 Å². The lowest BCUT2D eigenvalue weighted by molar-refractivity contribution is 0.246. The topological polar surface area (TPSA) is 46.2 Å². The van der Waals surface area contributed by atoms with Crippen molar-refractivity contribution in [3.63, 3.8) is 0 Å². The fourth-order valence-corrected chi connectivity index (χ4v) is 2.42. The molecule has 1 atom stereocenters. The van der Waals surface area contributed by atoms with Crippen LogP contribution in [-0.2, 0) is 6.42 Å². The van der Waals surface area contributed by atoms with E-state index in [-0.39, 0.29) is 6.10 Å². The van der Waals surface area contributed by atoms with Crippen LogP contribution in [0.4, 0.5) is 11.5 Å². The molecule has 0 radical (unpaired) electrons. The van der Waals surface area contributed by atoms with Crippen LogP contribution in [0.1, 0.15) is 12.5 Å². The van der Waals surface area contributed by atoms with E-state index in [0.717, 1.165) is 36.8 Å². The smallest absolute Gasteiger partial charge is 0.127 e. The lowest BCUT2D eigenvalue weighted by Gasteiger charge is -2.13. The van der Waals surface area contributed by atoms with Gasteiger partial charge in [0.25, 0.3) is 0 Å². The Labute approximate surface area is 119 Å². The van der Waals surface area contributed by atoms with E-state index in [9.17, 15) is 0 Å². The average Bonchev–Trinajstić information content (AvgIpc) is 2.89. The summed E-state index contributed by atoms with van der Waals surface area (Å²) >= 11 is 0. The predicted molar refractivity (Wildman–Crippen MR) is 81.5 cm³/mol. The minimum Gasteiger partial charge on any atom is -0.488 e. The number of anilines is 2. The Morgan fingerprint density at radius 3 is 3.00 bits per heavy atom. The summed E-state index contributed by atoms with van der Waals surface area (Å²) in [4.78, 5) is 4.26. The van der Waals surface area contributed by atoms with E-state index < -0.39 is 0 Å². The lowest BCUT2D eigenvalue weighted by atomic mass is 10.1. The largest absolute Gasteiger partial charge is 0.488 e. The Morgan fingerprint density at radius 1 is 1.25 bits per heavy atom. The van der Waals surface area contributed by atoms with Crippen molar-refractivity contribution in [1.82, 2.24) is 4.98 Å². The molecule has 1 aliphatic heterocycles. The van der Waals surface area contributed by atoms with Crippen LogP contribution in [0.5, 0.6) is 5.75 Å². The second-order valence-corrected chi connectivity index (χ2v) is 4.89. The molecule has 0 fully saturated rings. The maximum Gasteiger partial charge on any atom is 0.127 e. The zero-order valence-electron chi connectivity index (χ0n) is 11.6. The molecule has 104 valence electrons. The molecule has 20 heavy (non-hydrogen) atoms. The van der Waals surface area contributed by atoms with E-state index in [2.05, 4.69) is 34.7 Å². The van der Waals surface area contributed by atoms with Crippen molar-refractivity contribution in [2.45, 2.75) is 19.4 Å². The fraction of sp³-hybridized carbons (Fsp3) is 0.312. The number of nitrogens with zero attached hydrogens (tertiary/aromatic N) is 1. The van der Waals surface area contributed by atoms with Gasteiger partial charge in [-0.25, -0.2) is 4.98 Å². The van der Waals surface area contributed by atoms with Crippen molar-refractivity contribution in [3.8, 4) is 5.75 Å². The van der Waals surface area contributed by atoms with Gasteiger partial charge in [0.1, 0.15) is 17.7 Å². The zero-order chi connectivity index (χ0) is 13.8. The Hall–Kier alpha value is -2.23. The van der Waals surface area contributed by atoms with E-state index in [4.69, 9.17) is 4.74 Å². The highest BCUT2D eigenvalue weighted by Crippen LogP contribution is 2.28. The first-order valence-corrected chi connectivity index (χ1v) is 7.03. The molecule has 1 aromatic carbocycles. The monoisotopic (exact) mass is 269 g/mol. The summed E-state index contributed by atoms with van der Waals surface area (Å²) in [6, 6.07) is 12.2. The van der Waals surface area contributed by atoms with Gasteiger partial charge in [0, 0.05) is 30.9 Å². The summed E-state index contributed by atoms with van der Waals surface area (Å²) < 4.78 is 5.91. The van der Waals surface area contributed by atoms with Crippen LogP contribution in [0.25, 0.3) is 0 Å². The molecule has 0 amide bonds. The SMILES string of the molecule is CCNc1cc(NCC2Cc3ccccc3O2)ccn1. The van der Waals surface area contributed by atoms with Crippen molar-refractivity contribution in [1.29, 1.82) is 0 Å². The Balaban J connectivity index is 1.57. The van der Waals surface area contributed by atoms with Crippen LogP contribution in [0.2, 0.25) is 0 Å². The minimum absolute atomic E-state index is 0.197. The van der Waals surface area contributed by atoms with Crippen molar-refractivity contribution in [2.75, 3.05) is 23.7 Å². The van der Waals surface area contributed by atoms with Gasteiger partial charge in [-0.2, -0.15) is 0 Å². The van der Waals surface area contributed by atoms with E-state index in [1.807, 2.05) is 30.5 Å². The number of benzene rings is 1. The van der Waals surface area contributed by atoms with Gasteiger partial charge >= 0.3 is 0 Å². The van der Waals surface area contributed by atoms with E-state index in [0.29, 0.717) is 0 Å². The van der Waals surface area contributed by atoms with E-state index >= 15 is 0 Å². The van der Waals surface area contributed by atoms with Crippen LogP contribution in [0.3, 0.4) is 0 Å². The first-order chi connectivity index (χ1) is 9.85. The maximum absolute atomic E-state index is 5.91. The molecule has 1 aromatic heterocycles. The second kappa shape index (κ2) is 5.82. The number of rotatable bonds is 5. The molecule has 4 heteroatoms. The highest BCUT2D eigenvalue weighted by molar-refractivity contribution is 5.52. The number of para-hydroxylation sites is 1. The van der Waals surface area contributed by atoms with Crippen LogP contribution in [-0.4, -0.2) is 24.2 Å². The quantitative estimate of drug-likeness (QED) is 0.876. The summed E-state index contributed by atoms with van der Waals surface area (Å²) in [7, 11) is 0. The van der Waals surface area contributed by atoms with Gasteiger partial charge < -0.3 is 15.4 Å². The summed E-state index contributed by atoms with van der Waals surface area (Å²) in [5, 5.41) is 6.62. The first-order valence-electron chi connectivity index (χ1n) is 7.03. The number of fused-ring (bicyclic) bond motifs is 1. The molecule has 2 N–H and O–H groups in total. The van der Waals surface area contributed by atoms with Gasteiger partial charge in [0.05, 0.1) is 6.54 Å². The van der Waals surface area contributed by atoms with Crippen molar-refractivity contribution in [3.05, 3.63) is 48.2 Å². The predicted octanol–water partition coefficient (Wildman–Crippen LogP) is 2.93. The molecule has 2 heterocycles. The van der Waals surface area contributed by atoms with Crippen LogP contribution < -0.4 is 15.4 Å². The average molecular weight is 269 g/mol. The van der Waals surface area contributed by atoms with Crippen molar-refractivity contribution in [2.24, 2.45) is 0 Å². The van der Waals surface area contributed by atoms with Crippen LogP contribution >= 0.6 is 0 Å². The van der Waals surface area contributed by atoms with Crippen molar-refractivity contribution < 1.29 is 4.74 Å². The molecule has 0 aliphatic carbocycles. The van der Waals surface area contributed by atoms with Crippen molar-refractivity contribution >= 4 is 11.5 Å². The molecule has 4 nitrogen and oxygen atoms in total. The summed E-state index contributed by atoms with van der Waals surface area (Å²) in [6.07, 6.45) is 2.97. The molecule has 0 spiro atoms. The van der Waals surface area contributed by atoms with Gasteiger partial charge in [-0.05, 0) is 24.6 Å². The Bertz CT molecular complexity index is 560. The van der Waals surface area contributed by atoms with Gasteiger partial charge in [0.15, 0.2) is 0 Å². The highest BCUT2D eigenvalue weighted by atomic mass is 16.5. The lowest BCUT2D eigenvalue weighted by Crippen LogP contribution is -2.24. The fourth-order valence-electron chi connectivity index (χ4n) is 2.42. The molecule has 0 bridgehead atoms. The maximum atomic E-state index is 5.91. The third kappa shape index (κ3) is 2.85. The molecule has 2 aromatic rings. The summed E-state index contributed by atoms with van der Waals surface area (Å²) in [6.45, 7) is 3.73. The van der Waals surface area contributed by atoms with E-state index in [1.165, 1.54) is 5.56 Å². The third-order valence-electron chi connectivity index (χ3n) is 3.37. The van der Waals surface area contributed by atoms with Gasteiger partial charge in [-0.1, -0.05) is 18.2 Å². The number of nitrogens with one attached hydrogen (secondary N) is 2. The molecule has 1 unspecified atom stereocenters. The number of hydrogen-bond donors (Lipinski definition) is 2. The molecule has 0 saturated heterocycles. The Morgan fingerprint density at radius 2 is 2.15 bits per heavy atom. The zero-order valence-corrected chi connectivity index (χ0v) is 11.6. The third-order valence-corrected chi connectivity index (χ3v) is 3.37. The molecular weight excluding hydrogens is 250 g/mol. The first kappa shape index (κ1) is 12.8. The molecular formula is C16H19N3O. The van der Waals surface area contributed by atoms with Crippen LogP contribution in [0, 0.1) is 0 Å². The summed E-state index contributed by atoms with van der Waals surface area (Å²) in [5.74, 6) is 1.91. The number of hydrogen-bond acceptors (Lipinski definition) is 4. The van der Waals surface area contributed by atoms with Crippen LogP contribution in [0.15, 0.2) is 42.6 Å². The number of ether oxygens (including phenoxy) is 1. The molecule has 3 rings (SSSR count). The number of pyridine rings is 1. The standard InChI is InChI=1S/C16H19N3O/c1-2-17-16-10-13(7-8-18-16)19-11-14-9-12-5-3-4-6-15(12)20-14/h3-8,10,14H,2,9,11H2,1H3,(H2,17,18,19). The van der Waals surface area contributed by atoms with Gasteiger partial charge in [-0.15, -0.1) is 0 Å². The molecule has 1 aliphatic rings. The van der Waals surface area contributed by atoms with Gasteiger partial charge in [0.2, 0.25) is 0 Å². The minimum atomic E-state index is 0.197. The second-order valence-electron chi connectivity index (χ2n) is 4.89. The normalized spacial score (nSPS) is 16.4. The highest BCUT2D eigenvalue weighted by Gasteiger charge is 2.21. The van der Waals surface area contributed by atoms with E-state index in [1.54, 1.807) is 0 Å². The summed E-state index contributed by atoms with van der Waals surface area (Å²) in [5.41, 5.74) is 2.36. The number of aromatic nitrogens is 1.